The third kappa shape index (κ3) is 2.92. The molecule has 0 saturated carbocycles. The predicted molar refractivity (Wildman–Crippen MR) is 73.1 cm³/mol. The van der Waals surface area contributed by atoms with Gasteiger partial charge in [0.05, 0.1) is 0 Å². The highest BCUT2D eigenvalue weighted by molar-refractivity contribution is 7.13. The van der Waals surface area contributed by atoms with Gasteiger partial charge in [-0.2, -0.15) is 0 Å². The summed E-state index contributed by atoms with van der Waals surface area (Å²) in [6.45, 7) is 6.34. The maximum atomic E-state index is 9.76. The van der Waals surface area contributed by atoms with Gasteiger partial charge in [0.15, 0.2) is 0 Å². The summed E-state index contributed by atoms with van der Waals surface area (Å²) in [5.41, 5.74) is 1.59. The molecule has 0 amide bonds. The van der Waals surface area contributed by atoms with E-state index in [1.54, 1.807) is 12.3 Å². The zero-order valence-corrected chi connectivity index (χ0v) is 11.4. The molecule has 1 heterocycles. The van der Waals surface area contributed by atoms with Crippen LogP contribution < -0.4 is 0 Å². The van der Waals surface area contributed by atoms with Crippen LogP contribution in [0, 0.1) is 0 Å². The Balaban J connectivity index is 2.33. The van der Waals surface area contributed by atoms with E-state index in [0.717, 1.165) is 5.56 Å². The molecule has 94 valence electrons. The summed E-state index contributed by atoms with van der Waals surface area (Å²) in [6, 6.07) is 5.40. The topological polar surface area (TPSA) is 57.8 Å². The van der Waals surface area contributed by atoms with E-state index >= 15 is 0 Å². The van der Waals surface area contributed by atoms with Crippen molar-refractivity contribution in [3.8, 4) is 5.75 Å². The fourth-order valence-electron chi connectivity index (χ4n) is 1.43. The molecular weight excluding hydrogens is 246 g/mol. The second-order valence-electron chi connectivity index (χ2n) is 4.97. The van der Waals surface area contributed by atoms with Crippen LogP contribution in [0.25, 0.3) is 0 Å². The lowest BCUT2D eigenvalue weighted by Crippen LogP contribution is -2.10. The largest absolute Gasteiger partial charge is 0.506 e. The summed E-state index contributed by atoms with van der Waals surface area (Å²) in [5, 5.41) is 20.2. The van der Waals surface area contributed by atoms with Crippen LogP contribution in [-0.2, 0) is 5.41 Å². The second-order valence-corrected chi connectivity index (χ2v) is 5.84. The number of aromatic hydroxyl groups is 1. The van der Waals surface area contributed by atoms with Gasteiger partial charge in [-0.3, -0.25) is 0 Å². The van der Waals surface area contributed by atoms with Crippen LogP contribution in [0.2, 0.25) is 0 Å². The van der Waals surface area contributed by atoms with Gasteiger partial charge >= 0.3 is 0 Å². The van der Waals surface area contributed by atoms with Crippen LogP contribution in [0.5, 0.6) is 5.75 Å². The predicted octanol–water partition coefficient (Wildman–Crippen LogP) is 4.56. The normalized spacial score (nSPS) is 12.2. The summed E-state index contributed by atoms with van der Waals surface area (Å²) in [4.78, 5) is 4.01. The number of phenolic OH excluding ortho intramolecular Hbond substituents is 1. The molecule has 18 heavy (non-hydrogen) atoms. The van der Waals surface area contributed by atoms with Crippen LogP contribution >= 0.6 is 11.3 Å². The van der Waals surface area contributed by atoms with E-state index < -0.39 is 0 Å². The van der Waals surface area contributed by atoms with E-state index in [1.807, 2.05) is 17.5 Å². The molecule has 0 atom stereocenters. The number of thiazole rings is 1. The number of rotatable bonds is 2. The lowest BCUT2D eigenvalue weighted by Gasteiger charge is -2.19. The third-order valence-electron chi connectivity index (χ3n) is 2.50. The van der Waals surface area contributed by atoms with Gasteiger partial charge in [-0.25, -0.2) is 4.98 Å². The summed E-state index contributed by atoms with van der Waals surface area (Å²) < 4.78 is 0. The van der Waals surface area contributed by atoms with Crippen LogP contribution in [0.4, 0.5) is 10.8 Å². The van der Waals surface area contributed by atoms with Gasteiger partial charge in [0.1, 0.15) is 11.4 Å². The van der Waals surface area contributed by atoms with Crippen molar-refractivity contribution in [2.45, 2.75) is 26.2 Å². The van der Waals surface area contributed by atoms with Gasteiger partial charge in [0, 0.05) is 11.6 Å². The average Bonchev–Trinajstić information content (AvgIpc) is 2.79. The SMILES string of the molecule is CC(C)(C)c1ccc(O)c(N=Nc2nccs2)c1. The molecule has 0 spiro atoms. The Morgan fingerprint density at radius 1 is 1.22 bits per heavy atom. The van der Waals surface area contributed by atoms with Crippen molar-refractivity contribution in [3.63, 3.8) is 0 Å². The van der Waals surface area contributed by atoms with Crippen LogP contribution in [0.15, 0.2) is 40.0 Å². The van der Waals surface area contributed by atoms with Crippen molar-refractivity contribution in [1.82, 2.24) is 4.98 Å². The molecule has 0 aliphatic carbocycles. The Bertz CT molecular complexity index is 556. The van der Waals surface area contributed by atoms with E-state index in [0.29, 0.717) is 10.8 Å². The van der Waals surface area contributed by atoms with Gasteiger partial charge < -0.3 is 5.11 Å². The van der Waals surface area contributed by atoms with Gasteiger partial charge in [0.2, 0.25) is 5.13 Å². The van der Waals surface area contributed by atoms with E-state index in [9.17, 15) is 5.11 Å². The Labute approximate surface area is 110 Å². The number of phenols is 1. The first-order valence-corrected chi connectivity index (χ1v) is 6.49. The number of hydrogen-bond donors (Lipinski definition) is 1. The van der Waals surface area contributed by atoms with Crippen molar-refractivity contribution in [1.29, 1.82) is 0 Å². The Kier molecular flexibility index (Phi) is 3.43. The monoisotopic (exact) mass is 261 g/mol. The number of hydrogen-bond acceptors (Lipinski definition) is 5. The third-order valence-corrected chi connectivity index (χ3v) is 3.16. The quantitative estimate of drug-likeness (QED) is 0.805. The first-order valence-electron chi connectivity index (χ1n) is 5.61. The lowest BCUT2D eigenvalue weighted by molar-refractivity contribution is 0.475. The molecule has 0 unspecified atom stereocenters. The number of aromatic nitrogens is 1. The highest BCUT2D eigenvalue weighted by atomic mass is 32.1. The van der Waals surface area contributed by atoms with Gasteiger partial charge in [0.25, 0.3) is 0 Å². The van der Waals surface area contributed by atoms with Crippen molar-refractivity contribution in [2.24, 2.45) is 10.2 Å². The van der Waals surface area contributed by atoms with Crippen molar-refractivity contribution >= 4 is 22.2 Å². The molecule has 4 nitrogen and oxygen atoms in total. The molecule has 5 heteroatoms. The van der Waals surface area contributed by atoms with E-state index in [2.05, 4.69) is 36.0 Å². The minimum absolute atomic E-state index is 0.0130. The first-order chi connectivity index (χ1) is 8.47. The molecule has 1 aromatic carbocycles. The summed E-state index contributed by atoms with van der Waals surface area (Å²) in [5.74, 6) is 0.128. The summed E-state index contributed by atoms with van der Waals surface area (Å²) in [7, 11) is 0. The maximum Gasteiger partial charge on any atom is 0.229 e. The van der Waals surface area contributed by atoms with Crippen LogP contribution in [-0.4, -0.2) is 10.1 Å². The number of azo groups is 1. The molecule has 0 radical (unpaired) electrons. The van der Waals surface area contributed by atoms with Gasteiger partial charge in [-0.05, 0) is 23.1 Å². The fraction of sp³-hybridized carbons (Fsp3) is 0.308. The van der Waals surface area contributed by atoms with Crippen molar-refractivity contribution < 1.29 is 5.11 Å². The highest BCUT2D eigenvalue weighted by Gasteiger charge is 2.15. The smallest absolute Gasteiger partial charge is 0.229 e. The van der Waals surface area contributed by atoms with E-state index in [4.69, 9.17) is 0 Å². The average molecular weight is 261 g/mol. The minimum Gasteiger partial charge on any atom is -0.506 e. The molecule has 0 bridgehead atoms. The van der Waals surface area contributed by atoms with Crippen molar-refractivity contribution in [3.05, 3.63) is 35.3 Å². The standard InChI is InChI=1S/C13H15N3OS/c1-13(2,3)9-4-5-11(17)10(8-9)15-16-12-14-6-7-18-12/h4-8,17H,1-3H3. The zero-order valence-electron chi connectivity index (χ0n) is 10.6. The lowest BCUT2D eigenvalue weighted by atomic mass is 9.87. The second kappa shape index (κ2) is 4.86. The van der Waals surface area contributed by atoms with E-state index in [1.165, 1.54) is 11.3 Å². The Morgan fingerprint density at radius 2 is 2.00 bits per heavy atom. The molecule has 2 rings (SSSR count). The number of nitrogens with zero attached hydrogens (tertiary/aromatic N) is 3. The van der Waals surface area contributed by atoms with Crippen molar-refractivity contribution in [2.75, 3.05) is 0 Å². The number of benzene rings is 1. The van der Waals surface area contributed by atoms with E-state index in [-0.39, 0.29) is 11.2 Å². The molecule has 2 aromatic rings. The van der Waals surface area contributed by atoms with Crippen LogP contribution in [0.3, 0.4) is 0 Å². The molecule has 0 saturated heterocycles. The first kappa shape index (κ1) is 12.7. The maximum absolute atomic E-state index is 9.76. The fourth-order valence-corrected chi connectivity index (χ4v) is 1.89. The molecule has 0 aliphatic heterocycles. The Hall–Kier alpha value is -1.75. The molecule has 1 N–H and O–H groups in total. The molecule has 0 fully saturated rings. The summed E-state index contributed by atoms with van der Waals surface area (Å²) in [6.07, 6.45) is 1.67. The minimum atomic E-state index is 0.0130. The molecule has 1 aromatic heterocycles. The van der Waals surface area contributed by atoms with Gasteiger partial charge in [-0.15, -0.1) is 21.6 Å². The zero-order chi connectivity index (χ0) is 13.2. The molecule has 0 aliphatic rings. The summed E-state index contributed by atoms with van der Waals surface area (Å²) >= 11 is 1.40. The molecular formula is C13H15N3OS. The Morgan fingerprint density at radius 3 is 2.61 bits per heavy atom. The van der Waals surface area contributed by atoms with Crippen LogP contribution in [0.1, 0.15) is 26.3 Å². The highest BCUT2D eigenvalue weighted by Crippen LogP contribution is 2.33. The van der Waals surface area contributed by atoms with Gasteiger partial charge in [-0.1, -0.05) is 26.8 Å².